The van der Waals surface area contributed by atoms with E-state index in [9.17, 15) is 9.18 Å². The third kappa shape index (κ3) is 3.35. The molecule has 1 amide bonds. The zero-order valence-corrected chi connectivity index (χ0v) is 11.6. The van der Waals surface area contributed by atoms with E-state index in [-0.39, 0.29) is 18.1 Å². The fourth-order valence-electron chi connectivity index (χ4n) is 2.04. The topological polar surface area (TPSA) is 59.8 Å². The van der Waals surface area contributed by atoms with Crippen molar-refractivity contribution in [1.29, 1.82) is 0 Å². The molecule has 0 radical (unpaired) electrons. The van der Waals surface area contributed by atoms with E-state index in [0.717, 1.165) is 0 Å². The first-order valence-electron chi connectivity index (χ1n) is 6.69. The van der Waals surface area contributed by atoms with Crippen molar-refractivity contribution < 1.29 is 9.18 Å². The quantitative estimate of drug-likeness (QED) is 0.805. The maximum atomic E-state index is 13.1. The van der Waals surface area contributed by atoms with E-state index in [1.54, 1.807) is 53.8 Å². The molecule has 0 bridgehead atoms. The summed E-state index contributed by atoms with van der Waals surface area (Å²) in [6.07, 6.45) is 6.77. The maximum Gasteiger partial charge on any atom is 0.228 e. The molecule has 1 aromatic carbocycles. The molecule has 3 rings (SSSR count). The number of halogens is 1. The zero-order valence-electron chi connectivity index (χ0n) is 11.6. The molecule has 22 heavy (non-hydrogen) atoms. The molecule has 0 aliphatic heterocycles. The normalized spacial score (nSPS) is 10.4. The number of carbonyl (C=O) groups is 1. The molecule has 3 aromatic rings. The van der Waals surface area contributed by atoms with Crippen LogP contribution in [0.5, 0.6) is 0 Å². The number of nitrogens with one attached hydrogen (secondary N) is 1. The molecule has 0 saturated carbocycles. The number of amides is 1. The highest BCUT2D eigenvalue weighted by molar-refractivity contribution is 5.92. The number of hydrogen-bond donors (Lipinski definition) is 1. The van der Waals surface area contributed by atoms with Gasteiger partial charge < -0.3 is 5.32 Å². The first-order chi connectivity index (χ1) is 10.7. The molecule has 0 saturated heterocycles. The molecular weight excluding hydrogens is 283 g/mol. The molecule has 0 fully saturated rings. The molecule has 0 aliphatic rings. The number of nitrogens with zero attached hydrogens (tertiary/aromatic N) is 3. The van der Waals surface area contributed by atoms with Crippen molar-refractivity contribution in [2.75, 3.05) is 5.32 Å². The summed E-state index contributed by atoms with van der Waals surface area (Å²) in [7, 11) is 0. The molecule has 110 valence electrons. The van der Waals surface area contributed by atoms with Crippen molar-refractivity contribution >= 4 is 11.6 Å². The van der Waals surface area contributed by atoms with Crippen LogP contribution in [0.15, 0.2) is 61.3 Å². The zero-order chi connectivity index (χ0) is 15.4. The summed E-state index contributed by atoms with van der Waals surface area (Å²) >= 11 is 0. The fourth-order valence-corrected chi connectivity index (χ4v) is 2.04. The van der Waals surface area contributed by atoms with Gasteiger partial charge in [0, 0.05) is 12.4 Å². The van der Waals surface area contributed by atoms with Gasteiger partial charge in [0.05, 0.1) is 18.3 Å². The SMILES string of the molecule is O=C(Cc1cccc(F)c1)Nc1ccc(-n2ccnc2)nc1. The molecule has 5 nitrogen and oxygen atoms in total. The van der Waals surface area contributed by atoms with Crippen molar-refractivity contribution in [3.63, 3.8) is 0 Å². The Labute approximate surface area is 126 Å². The van der Waals surface area contributed by atoms with Crippen LogP contribution >= 0.6 is 0 Å². The van der Waals surface area contributed by atoms with Gasteiger partial charge in [0.15, 0.2) is 0 Å². The van der Waals surface area contributed by atoms with Crippen LogP contribution in [0.25, 0.3) is 5.82 Å². The second kappa shape index (κ2) is 6.17. The molecule has 2 heterocycles. The summed E-state index contributed by atoms with van der Waals surface area (Å²) in [5, 5.41) is 2.73. The molecule has 0 aliphatic carbocycles. The number of pyridine rings is 1. The summed E-state index contributed by atoms with van der Waals surface area (Å²) in [4.78, 5) is 20.1. The van der Waals surface area contributed by atoms with Gasteiger partial charge in [-0.15, -0.1) is 0 Å². The number of carbonyl (C=O) groups excluding carboxylic acids is 1. The van der Waals surface area contributed by atoms with Gasteiger partial charge in [-0.2, -0.15) is 0 Å². The Morgan fingerprint density at radius 3 is 2.86 bits per heavy atom. The summed E-state index contributed by atoms with van der Waals surface area (Å²) < 4.78 is 14.8. The van der Waals surface area contributed by atoms with Crippen molar-refractivity contribution in [3.05, 3.63) is 72.7 Å². The molecule has 2 aromatic heterocycles. The van der Waals surface area contributed by atoms with Crippen LogP contribution in [-0.4, -0.2) is 20.4 Å². The van der Waals surface area contributed by atoms with Crippen molar-refractivity contribution in [1.82, 2.24) is 14.5 Å². The Morgan fingerprint density at radius 1 is 1.27 bits per heavy atom. The number of aromatic nitrogens is 3. The van der Waals surface area contributed by atoms with E-state index in [4.69, 9.17) is 0 Å². The van der Waals surface area contributed by atoms with Gasteiger partial charge in [0.25, 0.3) is 0 Å². The van der Waals surface area contributed by atoms with Crippen LogP contribution < -0.4 is 5.32 Å². The third-order valence-electron chi connectivity index (χ3n) is 3.05. The molecule has 6 heteroatoms. The molecule has 1 N–H and O–H groups in total. The minimum atomic E-state index is -0.350. The van der Waals surface area contributed by atoms with Gasteiger partial charge in [-0.25, -0.2) is 14.4 Å². The summed E-state index contributed by atoms with van der Waals surface area (Å²) in [6.45, 7) is 0. The molecular formula is C16H13FN4O. The van der Waals surface area contributed by atoms with E-state index in [2.05, 4.69) is 15.3 Å². The van der Waals surface area contributed by atoms with Gasteiger partial charge in [-0.1, -0.05) is 12.1 Å². The first kappa shape index (κ1) is 13.9. The monoisotopic (exact) mass is 296 g/mol. The van der Waals surface area contributed by atoms with Crippen LogP contribution in [0.3, 0.4) is 0 Å². The third-order valence-corrected chi connectivity index (χ3v) is 3.05. The average molecular weight is 296 g/mol. The second-order valence-electron chi connectivity index (χ2n) is 4.73. The van der Waals surface area contributed by atoms with Crippen molar-refractivity contribution in [2.45, 2.75) is 6.42 Å². The van der Waals surface area contributed by atoms with E-state index in [1.165, 1.54) is 12.1 Å². The Balaban J connectivity index is 1.64. The van der Waals surface area contributed by atoms with Gasteiger partial charge in [0.2, 0.25) is 5.91 Å². The Kier molecular flexibility index (Phi) is 3.91. The van der Waals surface area contributed by atoms with Gasteiger partial charge in [-0.05, 0) is 29.8 Å². The van der Waals surface area contributed by atoms with Crippen LogP contribution in [0.4, 0.5) is 10.1 Å². The number of anilines is 1. The Morgan fingerprint density at radius 2 is 2.18 bits per heavy atom. The van der Waals surface area contributed by atoms with Crippen molar-refractivity contribution in [3.8, 4) is 5.82 Å². The number of imidazole rings is 1. The highest BCUT2D eigenvalue weighted by Gasteiger charge is 2.06. The van der Waals surface area contributed by atoms with Crippen LogP contribution in [-0.2, 0) is 11.2 Å². The van der Waals surface area contributed by atoms with Crippen LogP contribution in [0.1, 0.15) is 5.56 Å². The lowest BCUT2D eigenvalue weighted by atomic mass is 10.1. The minimum absolute atomic E-state index is 0.112. The van der Waals surface area contributed by atoms with Gasteiger partial charge in [-0.3, -0.25) is 9.36 Å². The summed E-state index contributed by atoms with van der Waals surface area (Å²) in [5.74, 6) is 0.139. The van der Waals surface area contributed by atoms with E-state index < -0.39 is 0 Å². The maximum absolute atomic E-state index is 13.1. The highest BCUT2D eigenvalue weighted by atomic mass is 19.1. The lowest BCUT2D eigenvalue weighted by molar-refractivity contribution is -0.115. The van der Waals surface area contributed by atoms with Crippen LogP contribution in [0, 0.1) is 5.82 Å². The summed E-state index contributed by atoms with van der Waals surface area (Å²) in [6, 6.07) is 9.52. The summed E-state index contributed by atoms with van der Waals surface area (Å²) in [5.41, 5.74) is 1.21. The van der Waals surface area contributed by atoms with Crippen LogP contribution in [0.2, 0.25) is 0 Å². The number of rotatable bonds is 4. The lowest BCUT2D eigenvalue weighted by Gasteiger charge is -2.06. The van der Waals surface area contributed by atoms with Crippen molar-refractivity contribution in [2.24, 2.45) is 0 Å². The standard InChI is InChI=1S/C16H13FN4O/c17-13-3-1-2-12(8-13)9-16(22)20-14-4-5-15(19-10-14)21-7-6-18-11-21/h1-8,10-11H,9H2,(H,20,22). The average Bonchev–Trinajstić information content (AvgIpc) is 3.02. The first-order valence-corrected chi connectivity index (χ1v) is 6.69. The second-order valence-corrected chi connectivity index (χ2v) is 4.73. The Bertz CT molecular complexity index is 769. The van der Waals surface area contributed by atoms with Gasteiger partial charge in [0.1, 0.15) is 18.0 Å². The molecule has 0 unspecified atom stereocenters. The smallest absolute Gasteiger partial charge is 0.228 e. The van der Waals surface area contributed by atoms with E-state index in [0.29, 0.717) is 17.1 Å². The number of hydrogen-bond acceptors (Lipinski definition) is 3. The lowest BCUT2D eigenvalue weighted by Crippen LogP contribution is -2.14. The predicted molar refractivity (Wildman–Crippen MR) is 80.1 cm³/mol. The highest BCUT2D eigenvalue weighted by Crippen LogP contribution is 2.11. The minimum Gasteiger partial charge on any atom is -0.324 e. The van der Waals surface area contributed by atoms with E-state index >= 15 is 0 Å². The number of benzene rings is 1. The Hall–Kier alpha value is -3.02. The van der Waals surface area contributed by atoms with Gasteiger partial charge >= 0.3 is 0 Å². The molecule has 0 spiro atoms. The van der Waals surface area contributed by atoms with E-state index in [1.807, 2.05) is 0 Å². The fraction of sp³-hybridized carbons (Fsp3) is 0.0625. The molecule has 0 atom stereocenters. The predicted octanol–water partition coefficient (Wildman–Crippen LogP) is 2.59. The largest absolute Gasteiger partial charge is 0.324 e.